The molecule has 0 aromatic heterocycles. The zero-order valence-electron chi connectivity index (χ0n) is 10.8. The molecule has 4 heteroatoms. The highest BCUT2D eigenvalue weighted by molar-refractivity contribution is 9.10. The van der Waals surface area contributed by atoms with Crippen molar-refractivity contribution in [3.8, 4) is 0 Å². The number of halogens is 3. The van der Waals surface area contributed by atoms with Gasteiger partial charge in [-0.3, -0.25) is 0 Å². The van der Waals surface area contributed by atoms with Crippen LogP contribution in [0, 0.1) is 5.82 Å². The van der Waals surface area contributed by atoms with E-state index in [2.05, 4.69) is 45.5 Å². The average Bonchev–Trinajstić information content (AvgIpc) is 3.22. The highest BCUT2D eigenvalue weighted by Crippen LogP contribution is 2.40. The van der Waals surface area contributed by atoms with Crippen molar-refractivity contribution in [1.82, 2.24) is 0 Å². The van der Waals surface area contributed by atoms with Crippen molar-refractivity contribution < 1.29 is 4.39 Å². The van der Waals surface area contributed by atoms with E-state index >= 15 is 0 Å². The van der Waals surface area contributed by atoms with Crippen molar-refractivity contribution >= 4 is 33.2 Å². The highest BCUT2D eigenvalue weighted by Gasteiger charge is 2.22. The van der Waals surface area contributed by atoms with Crippen LogP contribution in [0.25, 0.3) is 0 Å². The van der Waals surface area contributed by atoms with Gasteiger partial charge in [-0.1, -0.05) is 35.9 Å². The Hall–Kier alpha value is -1.06. The second-order valence-corrected chi connectivity index (χ2v) is 6.38. The van der Waals surface area contributed by atoms with E-state index in [1.54, 1.807) is 0 Å². The molecule has 0 amide bonds. The van der Waals surface area contributed by atoms with Gasteiger partial charge in [0.25, 0.3) is 0 Å². The van der Waals surface area contributed by atoms with Gasteiger partial charge in [-0.05, 0) is 57.9 Å². The Morgan fingerprint density at radius 3 is 2.50 bits per heavy atom. The predicted molar refractivity (Wildman–Crippen MR) is 84.9 cm³/mol. The first-order valence-electron chi connectivity index (χ1n) is 6.61. The van der Waals surface area contributed by atoms with Crippen LogP contribution in [0.3, 0.4) is 0 Å². The molecule has 0 radical (unpaired) electrons. The lowest BCUT2D eigenvalue weighted by molar-refractivity contribution is 0.627. The van der Waals surface area contributed by atoms with Gasteiger partial charge in [0.05, 0.1) is 10.7 Å². The summed E-state index contributed by atoms with van der Waals surface area (Å²) >= 11 is 9.37. The summed E-state index contributed by atoms with van der Waals surface area (Å²) in [5, 5.41) is 3.62. The molecule has 0 spiro atoms. The molecule has 0 bridgehead atoms. The molecule has 1 fully saturated rings. The lowest BCUT2D eigenvalue weighted by Gasteiger charge is -2.11. The Balaban J connectivity index is 1.69. The largest absolute Gasteiger partial charge is 0.379 e. The van der Waals surface area contributed by atoms with Crippen LogP contribution in [-0.4, -0.2) is 0 Å². The van der Waals surface area contributed by atoms with Crippen LogP contribution in [0.1, 0.15) is 29.9 Å². The fourth-order valence-corrected chi connectivity index (χ4v) is 3.19. The Morgan fingerprint density at radius 1 is 1.20 bits per heavy atom. The molecular weight excluding hydrogens is 341 g/mol. The van der Waals surface area contributed by atoms with Crippen LogP contribution in [0.4, 0.5) is 10.1 Å². The SMILES string of the molecule is Fc1cc(Cl)c(NCc2ccc(C3CC3)cc2)c(Br)c1. The molecule has 1 aliphatic carbocycles. The Kier molecular flexibility index (Phi) is 3.99. The minimum absolute atomic E-state index is 0.346. The van der Waals surface area contributed by atoms with E-state index in [4.69, 9.17) is 11.6 Å². The van der Waals surface area contributed by atoms with Gasteiger partial charge < -0.3 is 5.32 Å². The number of nitrogens with one attached hydrogen (secondary N) is 1. The number of benzene rings is 2. The molecule has 0 unspecified atom stereocenters. The summed E-state index contributed by atoms with van der Waals surface area (Å²) in [5.41, 5.74) is 3.33. The van der Waals surface area contributed by atoms with Gasteiger partial charge in [-0.2, -0.15) is 0 Å². The smallest absolute Gasteiger partial charge is 0.125 e. The van der Waals surface area contributed by atoms with Gasteiger partial charge in [0.15, 0.2) is 0 Å². The number of anilines is 1. The summed E-state index contributed by atoms with van der Waals surface area (Å²) in [5.74, 6) is 0.430. The predicted octanol–water partition coefficient (Wildman–Crippen LogP) is 5.73. The van der Waals surface area contributed by atoms with Crippen LogP contribution in [0.5, 0.6) is 0 Å². The van der Waals surface area contributed by atoms with Crippen LogP contribution in [-0.2, 0) is 6.54 Å². The summed E-state index contributed by atoms with van der Waals surface area (Å²) in [6.07, 6.45) is 2.63. The van der Waals surface area contributed by atoms with Gasteiger partial charge in [-0.15, -0.1) is 0 Å². The average molecular weight is 355 g/mol. The molecule has 3 rings (SSSR count). The Bertz CT molecular complexity index is 600. The first-order chi connectivity index (χ1) is 9.63. The lowest BCUT2D eigenvalue weighted by Crippen LogP contribution is -2.01. The van der Waals surface area contributed by atoms with Crippen molar-refractivity contribution in [1.29, 1.82) is 0 Å². The van der Waals surface area contributed by atoms with Crippen LogP contribution < -0.4 is 5.32 Å². The molecule has 0 aliphatic heterocycles. The monoisotopic (exact) mass is 353 g/mol. The third-order valence-corrected chi connectivity index (χ3v) is 4.43. The van der Waals surface area contributed by atoms with Crippen LogP contribution >= 0.6 is 27.5 Å². The van der Waals surface area contributed by atoms with Crippen molar-refractivity contribution in [3.05, 3.63) is 62.8 Å². The fourth-order valence-electron chi connectivity index (χ4n) is 2.23. The Labute approximate surface area is 131 Å². The molecule has 0 heterocycles. The first-order valence-corrected chi connectivity index (χ1v) is 7.78. The first kappa shape index (κ1) is 13.9. The number of hydrogen-bond donors (Lipinski definition) is 1. The maximum atomic E-state index is 13.2. The standard InChI is InChI=1S/C16H14BrClFN/c17-14-7-13(19)8-15(18)16(14)20-9-10-1-3-11(4-2-10)12-5-6-12/h1-4,7-8,12,20H,5-6,9H2. The maximum absolute atomic E-state index is 13.2. The molecule has 1 aliphatic rings. The van der Waals surface area contributed by atoms with E-state index in [0.29, 0.717) is 16.0 Å². The normalized spacial score (nSPS) is 14.3. The molecule has 104 valence electrons. The van der Waals surface area contributed by atoms with Crippen molar-refractivity contribution in [2.45, 2.75) is 25.3 Å². The minimum atomic E-state index is -0.346. The Morgan fingerprint density at radius 2 is 1.90 bits per heavy atom. The molecule has 0 atom stereocenters. The quantitative estimate of drug-likeness (QED) is 0.739. The van der Waals surface area contributed by atoms with Gasteiger partial charge in [0.1, 0.15) is 5.82 Å². The van der Waals surface area contributed by atoms with Gasteiger partial charge >= 0.3 is 0 Å². The van der Waals surface area contributed by atoms with E-state index in [9.17, 15) is 4.39 Å². The molecule has 1 N–H and O–H groups in total. The summed E-state index contributed by atoms with van der Waals surface area (Å²) in [6, 6.07) is 11.4. The molecule has 0 saturated heterocycles. The second-order valence-electron chi connectivity index (χ2n) is 5.11. The highest BCUT2D eigenvalue weighted by atomic mass is 79.9. The maximum Gasteiger partial charge on any atom is 0.125 e. The van der Waals surface area contributed by atoms with E-state index in [0.717, 1.165) is 11.6 Å². The molecule has 2 aromatic carbocycles. The zero-order chi connectivity index (χ0) is 14.1. The molecule has 1 nitrogen and oxygen atoms in total. The van der Waals surface area contributed by atoms with Gasteiger partial charge in [-0.25, -0.2) is 4.39 Å². The van der Waals surface area contributed by atoms with Gasteiger partial charge in [0.2, 0.25) is 0 Å². The minimum Gasteiger partial charge on any atom is -0.379 e. The van der Waals surface area contributed by atoms with Crippen LogP contribution in [0.15, 0.2) is 40.9 Å². The summed E-state index contributed by atoms with van der Waals surface area (Å²) < 4.78 is 13.8. The van der Waals surface area contributed by atoms with E-state index in [-0.39, 0.29) is 5.82 Å². The summed E-state index contributed by atoms with van der Waals surface area (Å²) in [7, 11) is 0. The van der Waals surface area contributed by atoms with E-state index in [1.165, 1.54) is 36.1 Å². The van der Waals surface area contributed by atoms with Crippen molar-refractivity contribution in [3.63, 3.8) is 0 Å². The van der Waals surface area contributed by atoms with Gasteiger partial charge in [0, 0.05) is 11.0 Å². The number of rotatable bonds is 4. The zero-order valence-corrected chi connectivity index (χ0v) is 13.1. The third kappa shape index (κ3) is 3.15. The second kappa shape index (κ2) is 5.74. The van der Waals surface area contributed by atoms with E-state index < -0.39 is 0 Å². The lowest BCUT2D eigenvalue weighted by atomic mass is 10.1. The summed E-state index contributed by atoms with van der Waals surface area (Å²) in [4.78, 5) is 0. The van der Waals surface area contributed by atoms with Crippen molar-refractivity contribution in [2.24, 2.45) is 0 Å². The van der Waals surface area contributed by atoms with E-state index in [1.807, 2.05) is 0 Å². The molecule has 2 aromatic rings. The summed E-state index contributed by atoms with van der Waals surface area (Å²) in [6.45, 7) is 0.662. The molecule has 1 saturated carbocycles. The van der Waals surface area contributed by atoms with Crippen LogP contribution in [0.2, 0.25) is 5.02 Å². The molecule has 20 heavy (non-hydrogen) atoms. The molecular formula is C16H14BrClFN. The van der Waals surface area contributed by atoms with Crippen molar-refractivity contribution in [2.75, 3.05) is 5.32 Å². The topological polar surface area (TPSA) is 12.0 Å². The third-order valence-electron chi connectivity index (χ3n) is 3.50. The number of hydrogen-bond acceptors (Lipinski definition) is 1. The fraction of sp³-hybridized carbons (Fsp3) is 0.250.